The minimum atomic E-state index is -0.342. The fourth-order valence-corrected chi connectivity index (χ4v) is 4.29. The van der Waals surface area contributed by atoms with Crippen molar-refractivity contribution in [3.63, 3.8) is 0 Å². The van der Waals surface area contributed by atoms with Crippen LogP contribution in [0.5, 0.6) is 0 Å². The van der Waals surface area contributed by atoms with Gasteiger partial charge in [-0.25, -0.2) is 4.79 Å². The lowest BCUT2D eigenvalue weighted by molar-refractivity contribution is -0.133. The Bertz CT molecular complexity index is 1050. The number of thiophene rings is 1. The second-order valence-corrected chi connectivity index (χ2v) is 9.50. The molecule has 5 nitrogen and oxygen atoms in total. The number of halogens is 2. The van der Waals surface area contributed by atoms with Gasteiger partial charge in [-0.05, 0) is 41.6 Å². The van der Waals surface area contributed by atoms with Gasteiger partial charge in [0.05, 0.1) is 16.6 Å². The Labute approximate surface area is 208 Å². The highest BCUT2D eigenvalue weighted by molar-refractivity contribution is 7.09. The molecule has 33 heavy (non-hydrogen) atoms. The molecule has 0 fully saturated rings. The summed E-state index contributed by atoms with van der Waals surface area (Å²) in [5.41, 5.74) is 1.57. The van der Waals surface area contributed by atoms with E-state index in [4.69, 9.17) is 23.2 Å². The number of nitrogens with zero attached hydrogens (tertiary/aromatic N) is 2. The van der Waals surface area contributed by atoms with E-state index in [9.17, 15) is 9.59 Å². The molecule has 0 spiro atoms. The number of hydrogen-bond acceptors (Lipinski definition) is 3. The number of amides is 3. The number of anilines is 1. The Morgan fingerprint density at radius 1 is 0.939 bits per heavy atom. The molecular weight excluding hydrogens is 477 g/mol. The molecular formula is C25H27Cl2N3O2S. The van der Waals surface area contributed by atoms with E-state index in [0.717, 1.165) is 23.3 Å². The van der Waals surface area contributed by atoms with Crippen molar-refractivity contribution >= 4 is 52.2 Å². The summed E-state index contributed by atoms with van der Waals surface area (Å²) in [4.78, 5) is 30.8. The van der Waals surface area contributed by atoms with Crippen LogP contribution < -0.4 is 5.32 Å². The third-order valence-electron chi connectivity index (χ3n) is 5.06. The molecule has 1 aromatic heterocycles. The van der Waals surface area contributed by atoms with Gasteiger partial charge in [0.2, 0.25) is 5.91 Å². The lowest BCUT2D eigenvalue weighted by Gasteiger charge is -2.28. The zero-order valence-electron chi connectivity index (χ0n) is 18.5. The van der Waals surface area contributed by atoms with Crippen LogP contribution in [0.2, 0.25) is 10.0 Å². The van der Waals surface area contributed by atoms with E-state index in [2.05, 4.69) is 12.2 Å². The molecule has 0 aliphatic heterocycles. The second kappa shape index (κ2) is 12.6. The zero-order valence-corrected chi connectivity index (χ0v) is 20.8. The lowest BCUT2D eigenvalue weighted by Crippen LogP contribution is -2.44. The molecule has 0 unspecified atom stereocenters. The van der Waals surface area contributed by atoms with Gasteiger partial charge in [-0.1, -0.05) is 72.9 Å². The first-order valence-corrected chi connectivity index (χ1v) is 12.4. The van der Waals surface area contributed by atoms with Gasteiger partial charge in [0.25, 0.3) is 0 Å². The molecule has 1 N–H and O–H groups in total. The predicted octanol–water partition coefficient (Wildman–Crippen LogP) is 6.92. The van der Waals surface area contributed by atoms with E-state index < -0.39 is 0 Å². The molecule has 0 atom stereocenters. The van der Waals surface area contributed by atoms with Crippen molar-refractivity contribution in [2.45, 2.75) is 32.9 Å². The normalized spacial score (nSPS) is 10.6. The summed E-state index contributed by atoms with van der Waals surface area (Å²) in [6.07, 6.45) is 1.71. The maximum absolute atomic E-state index is 13.4. The van der Waals surface area contributed by atoms with E-state index in [1.165, 1.54) is 0 Å². The van der Waals surface area contributed by atoms with E-state index in [1.807, 2.05) is 47.8 Å². The van der Waals surface area contributed by atoms with Crippen molar-refractivity contribution in [3.05, 3.63) is 86.5 Å². The van der Waals surface area contributed by atoms with Crippen molar-refractivity contribution < 1.29 is 9.59 Å². The van der Waals surface area contributed by atoms with Crippen LogP contribution in [-0.4, -0.2) is 34.8 Å². The number of hydrogen-bond donors (Lipinski definition) is 1. The molecule has 0 saturated heterocycles. The number of carbonyl (C=O) groups excluding carboxylic acids is 2. The van der Waals surface area contributed by atoms with Crippen LogP contribution in [-0.2, 0) is 17.9 Å². The summed E-state index contributed by atoms with van der Waals surface area (Å²) in [6.45, 7) is 3.50. The quantitative estimate of drug-likeness (QED) is 0.326. The van der Waals surface area contributed by atoms with Crippen LogP contribution in [0, 0.1) is 0 Å². The van der Waals surface area contributed by atoms with Gasteiger partial charge >= 0.3 is 6.03 Å². The average Bonchev–Trinajstić information content (AvgIpc) is 3.32. The van der Waals surface area contributed by atoms with Gasteiger partial charge in [0, 0.05) is 23.7 Å². The minimum Gasteiger partial charge on any atom is -0.332 e. The minimum absolute atomic E-state index is 0.00857. The summed E-state index contributed by atoms with van der Waals surface area (Å²) in [6, 6.07) is 18.4. The summed E-state index contributed by atoms with van der Waals surface area (Å²) < 4.78 is 0. The SMILES string of the molecule is CCCCN(CC(=O)N(Cc1ccccc1)Cc1cccs1)C(=O)Nc1ccc(Cl)c(Cl)c1. The van der Waals surface area contributed by atoms with Gasteiger partial charge in [-0.3, -0.25) is 4.79 Å². The maximum Gasteiger partial charge on any atom is 0.322 e. The molecule has 0 aliphatic carbocycles. The molecule has 0 bridgehead atoms. The average molecular weight is 504 g/mol. The second-order valence-electron chi connectivity index (χ2n) is 7.65. The molecule has 3 aromatic rings. The highest BCUT2D eigenvalue weighted by Gasteiger charge is 2.22. The Balaban J connectivity index is 1.74. The van der Waals surface area contributed by atoms with Crippen LogP contribution in [0.1, 0.15) is 30.2 Å². The largest absolute Gasteiger partial charge is 0.332 e. The first-order valence-electron chi connectivity index (χ1n) is 10.8. The third-order valence-corrected chi connectivity index (χ3v) is 6.66. The van der Waals surface area contributed by atoms with Gasteiger partial charge in [0.15, 0.2) is 0 Å². The van der Waals surface area contributed by atoms with Crippen LogP contribution in [0.25, 0.3) is 0 Å². The Morgan fingerprint density at radius 3 is 2.39 bits per heavy atom. The van der Waals surface area contributed by atoms with Crippen molar-refractivity contribution in [1.29, 1.82) is 0 Å². The molecule has 0 saturated carbocycles. The van der Waals surface area contributed by atoms with Crippen molar-refractivity contribution in [1.82, 2.24) is 9.80 Å². The number of nitrogens with one attached hydrogen (secondary N) is 1. The topological polar surface area (TPSA) is 52.7 Å². The highest BCUT2D eigenvalue weighted by atomic mass is 35.5. The number of rotatable bonds is 10. The van der Waals surface area contributed by atoms with Crippen LogP contribution in [0.3, 0.4) is 0 Å². The van der Waals surface area contributed by atoms with E-state index in [1.54, 1.807) is 39.3 Å². The predicted molar refractivity (Wildman–Crippen MR) is 137 cm³/mol. The molecule has 2 aromatic carbocycles. The zero-order chi connectivity index (χ0) is 23.6. The first kappa shape index (κ1) is 25.1. The number of benzene rings is 2. The van der Waals surface area contributed by atoms with Gasteiger partial charge < -0.3 is 15.1 Å². The molecule has 3 rings (SSSR count). The molecule has 0 aliphatic rings. The van der Waals surface area contributed by atoms with E-state index >= 15 is 0 Å². The van der Waals surface area contributed by atoms with Crippen LogP contribution >= 0.6 is 34.5 Å². The summed E-state index contributed by atoms with van der Waals surface area (Å²) in [5, 5.41) is 5.60. The molecule has 0 radical (unpaired) electrons. The highest BCUT2D eigenvalue weighted by Crippen LogP contribution is 2.25. The molecule has 174 valence electrons. The number of unbranched alkanes of at least 4 members (excludes halogenated alkanes) is 1. The van der Waals surface area contributed by atoms with Crippen LogP contribution in [0.4, 0.5) is 10.5 Å². The van der Waals surface area contributed by atoms with Gasteiger partial charge in [0.1, 0.15) is 6.54 Å². The monoisotopic (exact) mass is 503 g/mol. The Kier molecular flexibility index (Phi) is 9.61. The fraction of sp³-hybridized carbons (Fsp3) is 0.280. The van der Waals surface area contributed by atoms with Crippen molar-refractivity contribution in [3.8, 4) is 0 Å². The van der Waals surface area contributed by atoms with E-state index in [-0.39, 0.29) is 18.5 Å². The van der Waals surface area contributed by atoms with Crippen molar-refractivity contribution in [2.75, 3.05) is 18.4 Å². The number of urea groups is 1. The summed E-state index contributed by atoms with van der Waals surface area (Å²) >= 11 is 13.7. The molecule has 1 heterocycles. The Hall–Kier alpha value is -2.54. The Morgan fingerprint density at radius 2 is 1.73 bits per heavy atom. The van der Waals surface area contributed by atoms with Crippen LogP contribution in [0.15, 0.2) is 66.0 Å². The fourth-order valence-electron chi connectivity index (χ4n) is 3.27. The smallest absolute Gasteiger partial charge is 0.322 e. The molecule has 8 heteroatoms. The standard InChI is InChI=1S/C25H27Cl2N3O2S/c1-2-3-13-29(25(32)28-20-11-12-22(26)23(27)15-20)18-24(31)30(17-21-10-7-14-33-21)16-19-8-5-4-6-9-19/h4-12,14-15H,2-3,13,16-18H2,1H3,(H,28,32). The number of carbonyl (C=O) groups is 2. The third kappa shape index (κ3) is 7.77. The van der Waals surface area contributed by atoms with E-state index in [0.29, 0.717) is 35.4 Å². The van der Waals surface area contributed by atoms with Gasteiger partial charge in [-0.15, -0.1) is 11.3 Å². The van der Waals surface area contributed by atoms with Gasteiger partial charge in [-0.2, -0.15) is 0 Å². The maximum atomic E-state index is 13.4. The summed E-state index contributed by atoms with van der Waals surface area (Å²) in [5.74, 6) is -0.104. The van der Waals surface area contributed by atoms with Crippen molar-refractivity contribution in [2.24, 2.45) is 0 Å². The first-order chi connectivity index (χ1) is 16.0. The lowest BCUT2D eigenvalue weighted by atomic mass is 10.2. The summed E-state index contributed by atoms with van der Waals surface area (Å²) in [7, 11) is 0. The molecule has 3 amide bonds.